The molecular weight excluding hydrogens is 419 g/mol. The molecule has 126 valence electrons. The smallest absolute Gasteiger partial charge is 0.338 e. The fraction of sp³-hybridized carbons (Fsp3) is 0.235. The van der Waals surface area contributed by atoms with Gasteiger partial charge in [0.2, 0.25) is 0 Å². The van der Waals surface area contributed by atoms with E-state index in [4.69, 9.17) is 37.4 Å². The van der Waals surface area contributed by atoms with Crippen LogP contribution >= 0.6 is 39.1 Å². The van der Waals surface area contributed by atoms with E-state index in [9.17, 15) is 4.79 Å². The van der Waals surface area contributed by atoms with Crippen molar-refractivity contribution in [3.05, 3.63) is 69.7 Å². The molecular formula is C17H13BrCl2O4. The third-order valence-corrected chi connectivity index (χ3v) is 4.83. The first kappa shape index (κ1) is 17.7. The summed E-state index contributed by atoms with van der Waals surface area (Å²) in [6, 6.07) is 13.8. The van der Waals surface area contributed by atoms with Crippen LogP contribution in [-0.2, 0) is 18.9 Å². The standard InChI is InChI=1S/C17H13BrCl2O4/c18-17(14-7-6-12(19)8-15(14)20)23-10-13(24-17)9-22-16(21)11-4-2-1-3-5-11/h1-8,13H,9-10H2/t13-,17-/m1/s1. The molecule has 1 aliphatic rings. The summed E-state index contributed by atoms with van der Waals surface area (Å²) in [5, 5.41) is 0.937. The molecule has 0 saturated carbocycles. The summed E-state index contributed by atoms with van der Waals surface area (Å²) >= 11 is 15.5. The maximum atomic E-state index is 12.0. The van der Waals surface area contributed by atoms with Gasteiger partial charge in [0.1, 0.15) is 12.7 Å². The van der Waals surface area contributed by atoms with Crippen LogP contribution in [0.15, 0.2) is 48.5 Å². The van der Waals surface area contributed by atoms with Gasteiger partial charge in [0, 0.05) is 10.6 Å². The summed E-state index contributed by atoms with van der Waals surface area (Å²) < 4.78 is 15.6. The number of rotatable bonds is 4. The molecule has 0 amide bonds. The van der Waals surface area contributed by atoms with Gasteiger partial charge in [-0.05, 0) is 46.3 Å². The van der Waals surface area contributed by atoms with E-state index < -0.39 is 16.8 Å². The number of ether oxygens (including phenoxy) is 3. The number of benzene rings is 2. The van der Waals surface area contributed by atoms with Crippen molar-refractivity contribution in [1.82, 2.24) is 0 Å². The topological polar surface area (TPSA) is 44.8 Å². The van der Waals surface area contributed by atoms with E-state index in [1.54, 1.807) is 42.5 Å². The van der Waals surface area contributed by atoms with Gasteiger partial charge in [-0.3, -0.25) is 0 Å². The number of alkyl halides is 1. The summed E-state index contributed by atoms with van der Waals surface area (Å²) in [6.07, 6.45) is -0.413. The van der Waals surface area contributed by atoms with Crippen molar-refractivity contribution in [3.8, 4) is 0 Å². The number of hydrogen-bond acceptors (Lipinski definition) is 4. The molecule has 0 aliphatic carbocycles. The lowest BCUT2D eigenvalue weighted by Crippen LogP contribution is -2.24. The Morgan fingerprint density at radius 2 is 2.00 bits per heavy atom. The van der Waals surface area contributed by atoms with Crippen LogP contribution in [0, 0.1) is 0 Å². The number of carbonyl (C=O) groups excluding carboxylic acids is 1. The highest BCUT2D eigenvalue weighted by atomic mass is 79.9. The van der Waals surface area contributed by atoms with E-state index in [1.807, 2.05) is 6.07 Å². The fourth-order valence-corrected chi connectivity index (χ4v) is 3.65. The minimum absolute atomic E-state index is 0.0757. The van der Waals surface area contributed by atoms with Crippen molar-refractivity contribution in [2.45, 2.75) is 10.8 Å². The van der Waals surface area contributed by atoms with Crippen LogP contribution in [0.25, 0.3) is 0 Å². The van der Waals surface area contributed by atoms with Crippen LogP contribution in [-0.4, -0.2) is 25.3 Å². The van der Waals surface area contributed by atoms with Crippen molar-refractivity contribution in [2.75, 3.05) is 13.2 Å². The second-order valence-electron chi connectivity index (χ2n) is 5.18. The average Bonchev–Trinajstić information content (AvgIpc) is 2.95. The zero-order valence-electron chi connectivity index (χ0n) is 12.4. The van der Waals surface area contributed by atoms with Gasteiger partial charge >= 0.3 is 5.97 Å². The first-order valence-corrected chi connectivity index (χ1v) is 8.71. The van der Waals surface area contributed by atoms with Crippen molar-refractivity contribution in [2.24, 2.45) is 0 Å². The van der Waals surface area contributed by atoms with Gasteiger partial charge in [-0.25, -0.2) is 4.79 Å². The van der Waals surface area contributed by atoms with E-state index in [2.05, 4.69) is 15.9 Å². The van der Waals surface area contributed by atoms with Crippen LogP contribution in [0.3, 0.4) is 0 Å². The van der Waals surface area contributed by atoms with E-state index in [0.29, 0.717) is 21.2 Å². The second kappa shape index (κ2) is 7.42. The minimum Gasteiger partial charge on any atom is -0.459 e. The molecule has 0 N–H and O–H groups in total. The highest BCUT2D eigenvalue weighted by Crippen LogP contribution is 2.43. The van der Waals surface area contributed by atoms with E-state index >= 15 is 0 Å². The molecule has 2 aromatic carbocycles. The van der Waals surface area contributed by atoms with E-state index in [0.717, 1.165) is 0 Å². The van der Waals surface area contributed by atoms with Crippen molar-refractivity contribution in [3.63, 3.8) is 0 Å². The Labute approximate surface area is 157 Å². The predicted molar refractivity (Wildman–Crippen MR) is 94.6 cm³/mol. The molecule has 0 bridgehead atoms. The molecule has 0 radical (unpaired) electrons. The highest BCUT2D eigenvalue weighted by molar-refractivity contribution is 9.09. The lowest BCUT2D eigenvalue weighted by molar-refractivity contribution is -0.0962. The zero-order valence-corrected chi connectivity index (χ0v) is 15.5. The van der Waals surface area contributed by atoms with Crippen molar-refractivity contribution >= 4 is 45.1 Å². The Hall–Kier alpha value is -1.11. The maximum absolute atomic E-state index is 12.0. The molecule has 0 unspecified atom stereocenters. The van der Waals surface area contributed by atoms with Gasteiger partial charge in [0.25, 0.3) is 4.70 Å². The molecule has 4 nitrogen and oxygen atoms in total. The third kappa shape index (κ3) is 3.92. The molecule has 3 rings (SSSR count). The van der Waals surface area contributed by atoms with Crippen LogP contribution < -0.4 is 0 Å². The number of halogens is 3. The number of carbonyl (C=O) groups is 1. The van der Waals surface area contributed by atoms with Crippen LogP contribution in [0.1, 0.15) is 15.9 Å². The Balaban J connectivity index is 1.62. The van der Waals surface area contributed by atoms with Crippen molar-refractivity contribution < 1.29 is 19.0 Å². The normalized spacial score (nSPS) is 23.2. The van der Waals surface area contributed by atoms with Crippen LogP contribution in [0.4, 0.5) is 0 Å². The molecule has 1 heterocycles. The Morgan fingerprint density at radius 3 is 2.71 bits per heavy atom. The number of esters is 1. The average molecular weight is 432 g/mol. The van der Waals surface area contributed by atoms with Gasteiger partial charge < -0.3 is 14.2 Å². The second-order valence-corrected chi connectivity index (χ2v) is 7.06. The molecule has 0 spiro atoms. The maximum Gasteiger partial charge on any atom is 0.338 e. The quantitative estimate of drug-likeness (QED) is 0.516. The first-order valence-electron chi connectivity index (χ1n) is 7.16. The first-order chi connectivity index (χ1) is 11.5. The summed E-state index contributed by atoms with van der Waals surface area (Å²) in [5.41, 5.74) is 1.09. The lowest BCUT2D eigenvalue weighted by Gasteiger charge is -2.22. The molecule has 2 atom stereocenters. The molecule has 0 aromatic heterocycles. The van der Waals surface area contributed by atoms with E-state index in [-0.39, 0.29) is 13.2 Å². The molecule has 7 heteroatoms. The Morgan fingerprint density at radius 1 is 1.25 bits per heavy atom. The predicted octanol–water partition coefficient (Wildman–Crippen LogP) is 4.77. The zero-order chi connectivity index (χ0) is 17.2. The largest absolute Gasteiger partial charge is 0.459 e. The highest BCUT2D eigenvalue weighted by Gasteiger charge is 2.43. The SMILES string of the molecule is O=C(OC[C@@H]1CO[C@](Br)(c2ccc(Cl)cc2Cl)O1)c1ccccc1. The molecule has 2 aromatic rings. The van der Waals surface area contributed by atoms with Gasteiger partial charge in [-0.15, -0.1) is 0 Å². The summed E-state index contributed by atoms with van der Waals surface area (Å²) in [7, 11) is 0. The summed E-state index contributed by atoms with van der Waals surface area (Å²) in [5.74, 6) is -0.407. The third-order valence-electron chi connectivity index (χ3n) is 3.44. The molecule has 1 saturated heterocycles. The van der Waals surface area contributed by atoms with E-state index in [1.165, 1.54) is 0 Å². The summed E-state index contributed by atoms with van der Waals surface area (Å²) in [4.78, 5) is 12.0. The monoisotopic (exact) mass is 430 g/mol. The molecule has 1 fully saturated rings. The fourth-order valence-electron chi connectivity index (χ4n) is 2.26. The van der Waals surface area contributed by atoms with Crippen LogP contribution in [0.5, 0.6) is 0 Å². The minimum atomic E-state index is -1.18. The lowest BCUT2D eigenvalue weighted by atomic mass is 10.2. The molecule has 1 aliphatic heterocycles. The summed E-state index contributed by atoms with van der Waals surface area (Å²) in [6.45, 7) is 0.332. The number of hydrogen-bond donors (Lipinski definition) is 0. The van der Waals surface area contributed by atoms with Gasteiger partial charge in [-0.1, -0.05) is 41.4 Å². The Kier molecular flexibility index (Phi) is 5.47. The van der Waals surface area contributed by atoms with Gasteiger partial charge in [0.15, 0.2) is 0 Å². The van der Waals surface area contributed by atoms with Crippen molar-refractivity contribution in [1.29, 1.82) is 0 Å². The van der Waals surface area contributed by atoms with Gasteiger partial charge in [-0.2, -0.15) is 0 Å². The Bertz CT molecular complexity index is 741. The molecule has 24 heavy (non-hydrogen) atoms. The van der Waals surface area contributed by atoms with Crippen LogP contribution in [0.2, 0.25) is 10.0 Å². The van der Waals surface area contributed by atoms with Gasteiger partial charge in [0.05, 0.1) is 17.2 Å².